The van der Waals surface area contributed by atoms with Gasteiger partial charge < -0.3 is 14.2 Å². The Kier molecular flexibility index (Phi) is 4.63. The number of para-hydroxylation sites is 2. The molecule has 0 fully saturated rings. The molecule has 0 aliphatic carbocycles. The van der Waals surface area contributed by atoms with Crippen molar-refractivity contribution in [3.63, 3.8) is 0 Å². The Morgan fingerprint density at radius 2 is 1.78 bits per heavy atom. The van der Waals surface area contributed by atoms with E-state index in [-0.39, 0.29) is 0 Å². The first-order valence-electron chi connectivity index (χ1n) is 7.92. The molecule has 0 radical (unpaired) electrons. The maximum absolute atomic E-state index is 5.88. The largest absolute Gasteiger partial charge is 0.492 e. The monoisotopic (exact) mass is 309 g/mol. The highest BCUT2D eigenvalue weighted by molar-refractivity contribution is 5.75. The lowest BCUT2D eigenvalue weighted by atomic mass is 10.2. The lowest BCUT2D eigenvalue weighted by Crippen LogP contribution is -2.17. The molecule has 0 spiro atoms. The average Bonchev–Trinajstić information content (AvgIpc) is 2.86. The van der Waals surface area contributed by atoms with Crippen molar-refractivity contribution >= 4 is 11.0 Å². The highest BCUT2D eigenvalue weighted by Crippen LogP contribution is 2.17. The topological polar surface area (TPSA) is 30.3 Å². The van der Waals surface area contributed by atoms with E-state index in [9.17, 15) is 0 Å². The molecule has 0 atom stereocenters. The first kappa shape index (κ1) is 15.6. The number of hydrogen-bond acceptors (Lipinski definition) is 3. The zero-order valence-corrected chi connectivity index (χ0v) is 14.0. The van der Waals surface area contributed by atoms with E-state index in [1.165, 1.54) is 5.56 Å². The van der Waals surface area contributed by atoms with Crippen molar-refractivity contribution in [2.24, 2.45) is 0 Å². The first-order chi connectivity index (χ1) is 11.1. The third-order valence-corrected chi connectivity index (χ3v) is 3.80. The summed E-state index contributed by atoms with van der Waals surface area (Å²) in [4.78, 5) is 6.89. The summed E-state index contributed by atoms with van der Waals surface area (Å²) >= 11 is 0. The molecule has 4 nitrogen and oxygen atoms in total. The Balaban J connectivity index is 1.76. The molecule has 1 aromatic heterocycles. The van der Waals surface area contributed by atoms with Crippen LogP contribution in [-0.2, 0) is 13.1 Å². The number of rotatable bonds is 6. The molecule has 0 aliphatic rings. The van der Waals surface area contributed by atoms with Gasteiger partial charge in [-0.1, -0.05) is 29.8 Å². The minimum atomic E-state index is 0.629. The van der Waals surface area contributed by atoms with Crippen LogP contribution in [-0.4, -0.2) is 35.2 Å². The predicted octanol–water partition coefficient (Wildman–Crippen LogP) is 3.49. The highest BCUT2D eigenvalue weighted by Gasteiger charge is 2.11. The Morgan fingerprint density at radius 1 is 1.04 bits per heavy atom. The lowest BCUT2D eigenvalue weighted by molar-refractivity contribution is 0.293. The molecule has 1 heterocycles. The van der Waals surface area contributed by atoms with E-state index in [2.05, 4.69) is 60.8 Å². The van der Waals surface area contributed by atoms with E-state index >= 15 is 0 Å². The Labute approximate surface area is 137 Å². The minimum Gasteiger partial charge on any atom is -0.492 e. The van der Waals surface area contributed by atoms with Crippen molar-refractivity contribution in [3.8, 4) is 5.75 Å². The van der Waals surface area contributed by atoms with Gasteiger partial charge in [-0.3, -0.25) is 0 Å². The van der Waals surface area contributed by atoms with Crippen LogP contribution in [0.1, 0.15) is 11.4 Å². The summed E-state index contributed by atoms with van der Waals surface area (Å²) in [6.45, 7) is 4.32. The normalized spacial score (nSPS) is 11.3. The van der Waals surface area contributed by atoms with Gasteiger partial charge in [0.1, 0.15) is 18.2 Å². The van der Waals surface area contributed by atoms with Crippen LogP contribution in [0.2, 0.25) is 0 Å². The third kappa shape index (κ3) is 3.71. The van der Waals surface area contributed by atoms with Crippen molar-refractivity contribution in [3.05, 3.63) is 59.9 Å². The summed E-state index contributed by atoms with van der Waals surface area (Å²) in [5.41, 5.74) is 3.45. The molecule has 0 bridgehead atoms. The smallest absolute Gasteiger partial charge is 0.124 e. The fraction of sp³-hybridized carbons (Fsp3) is 0.316. The number of ether oxygens (including phenoxy) is 1. The molecule has 0 amide bonds. The van der Waals surface area contributed by atoms with Gasteiger partial charge in [-0.15, -0.1) is 0 Å². The molecular formula is C19H23N3O. The number of imidazole rings is 1. The van der Waals surface area contributed by atoms with Gasteiger partial charge in [0.2, 0.25) is 0 Å². The van der Waals surface area contributed by atoms with Gasteiger partial charge in [0, 0.05) is 0 Å². The van der Waals surface area contributed by atoms with Gasteiger partial charge >= 0.3 is 0 Å². The lowest BCUT2D eigenvalue weighted by Gasteiger charge is -2.13. The molecule has 0 N–H and O–H groups in total. The number of nitrogens with zero attached hydrogens (tertiary/aromatic N) is 3. The second-order valence-electron chi connectivity index (χ2n) is 6.07. The maximum Gasteiger partial charge on any atom is 0.124 e. The van der Waals surface area contributed by atoms with E-state index in [0.29, 0.717) is 6.61 Å². The second-order valence-corrected chi connectivity index (χ2v) is 6.07. The molecule has 120 valence electrons. The summed E-state index contributed by atoms with van der Waals surface area (Å²) in [5.74, 6) is 1.98. The SMILES string of the molecule is Cc1ccc(OCCn2c(CN(C)C)nc3ccccc32)cc1. The molecule has 3 aromatic rings. The van der Waals surface area contributed by atoms with E-state index in [0.717, 1.165) is 35.7 Å². The van der Waals surface area contributed by atoms with E-state index in [1.54, 1.807) is 0 Å². The standard InChI is InChI=1S/C19H23N3O/c1-15-8-10-16(11-9-15)23-13-12-22-18-7-5-4-6-17(18)20-19(22)14-21(2)3/h4-11H,12-14H2,1-3H3. The van der Waals surface area contributed by atoms with Gasteiger partial charge in [-0.05, 0) is 45.3 Å². The van der Waals surface area contributed by atoms with Crippen molar-refractivity contribution < 1.29 is 4.74 Å². The van der Waals surface area contributed by atoms with Gasteiger partial charge in [0.25, 0.3) is 0 Å². The molecular weight excluding hydrogens is 286 g/mol. The molecule has 0 saturated carbocycles. The maximum atomic E-state index is 5.88. The molecule has 23 heavy (non-hydrogen) atoms. The zero-order valence-electron chi connectivity index (χ0n) is 14.0. The number of benzene rings is 2. The van der Waals surface area contributed by atoms with Gasteiger partial charge in [0.05, 0.1) is 24.1 Å². The molecule has 2 aromatic carbocycles. The van der Waals surface area contributed by atoms with E-state index in [1.807, 2.05) is 18.2 Å². The highest BCUT2D eigenvalue weighted by atomic mass is 16.5. The van der Waals surface area contributed by atoms with E-state index < -0.39 is 0 Å². The van der Waals surface area contributed by atoms with Crippen LogP contribution in [0.15, 0.2) is 48.5 Å². The van der Waals surface area contributed by atoms with Gasteiger partial charge in [-0.25, -0.2) is 4.98 Å². The molecule has 0 saturated heterocycles. The van der Waals surface area contributed by atoms with Crippen LogP contribution in [0.5, 0.6) is 5.75 Å². The van der Waals surface area contributed by atoms with Crippen molar-refractivity contribution in [2.75, 3.05) is 20.7 Å². The summed E-state index contributed by atoms with van der Waals surface area (Å²) in [6, 6.07) is 16.4. The van der Waals surface area contributed by atoms with Crippen molar-refractivity contribution in [2.45, 2.75) is 20.0 Å². The molecule has 3 rings (SSSR count). The molecule has 0 unspecified atom stereocenters. The fourth-order valence-corrected chi connectivity index (χ4v) is 2.67. The third-order valence-electron chi connectivity index (χ3n) is 3.80. The van der Waals surface area contributed by atoms with Crippen LogP contribution in [0.3, 0.4) is 0 Å². The summed E-state index contributed by atoms with van der Waals surface area (Å²) in [6.07, 6.45) is 0. The summed E-state index contributed by atoms with van der Waals surface area (Å²) in [7, 11) is 4.12. The Morgan fingerprint density at radius 3 is 2.52 bits per heavy atom. The summed E-state index contributed by atoms with van der Waals surface area (Å²) < 4.78 is 8.13. The van der Waals surface area contributed by atoms with Crippen LogP contribution in [0.25, 0.3) is 11.0 Å². The average molecular weight is 309 g/mol. The van der Waals surface area contributed by atoms with Gasteiger partial charge in [0.15, 0.2) is 0 Å². The van der Waals surface area contributed by atoms with Crippen molar-refractivity contribution in [1.82, 2.24) is 14.5 Å². The van der Waals surface area contributed by atoms with Crippen molar-refractivity contribution in [1.29, 1.82) is 0 Å². The zero-order chi connectivity index (χ0) is 16.2. The molecule has 4 heteroatoms. The van der Waals surface area contributed by atoms with E-state index in [4.69, 9.17) is 9.72 Å². The first-order valence-corrected chi connectivity index (χ1v) is 7.92. The number of hydrogen-bond donors (Lipinski definition) is 0. The quantitative estimate of drug-likeness (QED) is 0.698. The number of fused-ring (bicyclic) bond motifs is 1. The van der Waals surface area contributed by atoms with Crippen LogP contribution < -0.4 is 4.74 Å². The fourth-order valence-electron chi connectivity index (χ4n) is 2.67. The van der Waals surface area contributed by atoms with Crippen LogP contribution in [0, 0.1) is 6.92 Å². The van der Waals surface area contributed by atoms with Crippen LogP contribution >= 0.6 is 0 Å². The minimum absolute atomic E-state index is 0.629. The Bertz CT molecular complexity index is 775. The Hall–Kier alpha value is -2.33. The predicted molar refractivity (Wildman–Crippen MR) is 93.8 cm³/mol. The summed E-state index contributed by atoms with van der Waals surface area (Å²) in [5, 5.41) is 0. The molecule has 0 aliphatic heterocycles. The van der Waals surface area contributed by atoms with Gasteiger partial charge in [-0.2, -0.15) is 0 Å². The van der Waals surface area contributed by atoms with Crippen LogP contribution in [0.4, 0.5) is 0 Å². The number of aromatic nitrogens is 2. The second kappa shape index (κ2) is 6.84. The number of aryl methyl sites for hydroxylation is 1.